The summed E-state index contributed by atoms with van der Waals surface area (Å²) < 4.78 is 5.46. The first-order valence-electron chi connectivity index (χ1n) is 9.64. The lowest BCUT2D eigenvalue weighted by Gasteiger charge is -2.38. The molecule has 0 spiro atoms. The number of hydrogen-bond acceptors (Lipinski definition) is 7. The SMILES string of the molecule is O=C1C=C(C2CCNCC2)N2NCC(c3noc(-c4cc(Cl)cc(Cl)c4)n3)C2N1. The van der Waals surface area contributed by atoms with E-state index in [1.807, 2.05) is 0 Å². The highest BCUT2D eigenvalue weighted by Gasteiger charge is 2.43. The Morgan fingerprint density at radius 1 is 1.14 bits per heavy atom. The first-order chi connectivity index (χ1) is 14.1. The number of nitrogens with one attached hydrogen (secondary N) is 3. The molecule has 0 bridgehead atoms. The number of piperidine rings is 1. The molecule has 3 aliphatic heterocycles. The van der Waals surface area contributed by atoms with Crippen LogP contribution in [0.25, 0.3) is 11.5 Å². The molecule has 0 radical (unpaired) electrons. The van der Waals surface area contributed by atoms with Crippen LogP contribution in [-0.4, -0.2) is 46.9 Å². The number of rotatable bonds is 3. The van der Waals surface area contributed by atoms with Gasteiger partial charge in [0, 0.05) is 39.8 Å². The van der Waals surface area contributed by atoms with Crippen molar-refractivity contribution in [2.45, 2.75) is 24.9 Å². The molecular weight excluding hydrogens is 415 g/mol. The highest BCUT2D eigenvalue weighted by Crippen LogP contribution is 2.35. The molecule has 1 aromatic carbocycles. The topological polar surface area (TPSA) is 95.3 Å². The summed E-state index contributed by atoms with van der Waals surface area (Å²) in [4.78, 5) is 16.9. The first-order valence-corrected chi connectivity index (χ1v) is 10.4. The maximum Gasteiger partial charge on any atom is 0.258 e. The standard InChI is InChI=1S/C19H20Cl2N6O2/c20-12-5-11(6-13(21)7-12)19-25-17(26-29-19)14-9-23-27-15(8-16(28)24-18(14)27)10-1-3-22-4-2-10/h5-8,10,14,18,22-23H,1-4,9H2,(H,24,28). The predicted octanol–water partition coefficient (Wildman–Crippen LogP) is 2.29. The number of halogens is 2. The number of nitrogens with zero attached hydrogens (tertiary/aromatic N) is 3. The Labute approximate surface area is 177 Å². The van der Waals surface area contributed by atoms with Crippen LogP contribution in [0, 0.1) is 5.92 Å². The molecule has 5 rings (SSSR count). The highest BCUT2D eigenvalue weighted by molar-refractivity contribution is 6.35. The molecule has 2 unspecified atom stereocenters. The molecule has 10 heteroatoms. The van der Waals surface area contributed by atoms with Gasteiger partial charge in [0.2, 0.25) is 5.91 Å². The normalized spacial score (nSPS) is 25.0. The number of hydrazine groups is 1. The third-order valence-corrected chi connectivity index (χ3v) is 6.06. The van der Waals surface area contributed by atoms with E-state index < -0.39 is 0 Å². The second-order valence-electron chi connectivity index (χ2n) is 7.50. The lowest BCUT2D eigenvalue weighted by Crippen LogP contribution is -2.54. The molecule has 2 saturated heterocycles. The van der Waals surface area contributed by atoms with E-state index in [0.717, 1.165) is 31.6 Å². The van der Waals surface area contributed by atoms with Crippen molar-refractivity contribution >= 4 is 29.1 Å². The second kappa shape index (κ2) is 7.60. The molecule has 1 amide bonds. The predicted molar refractivity (Wildman–Crippen MR) is 108 cm³/mol. The van der Waals surface area contributed by atoms with Crippen LogP contribution in [0.3, 0.4) is 0 Å². The largest absolute Gasteiger partial charge is 0.334 e. The molecule has 0 saturated carbocycles. The Morgan fingerprint density at radius 3 is 2.66 bits per heavy atom. The van der Waals surface area contributed by atoms with E-state index >= 15 is 0 Å². The van der Waals surface area contributed by atoms with Crippen LogP contribution in [-0.2, 0) is 4.79 Å². The molecule has 8 nitrogen and oxygen atoms in total. The minimum Gasteiger partial charge on any atom is -0.334 e. The van der Waals surface area contributed by atoms with Gasteiger partial charge in [0.1, 0.15) is 6.17 Å². The van der Waals surface area contributed by atoms with Gasteiger partial charge >= 0.3 is 0 Å². The Balaban J connectivity index is 1.40. The van der Waals surface area contributed by atoms with Crippen LogP contribution in [0.15, 0.2) is 34.5 Å². The summed E-state index contributed by atoms with van der Waals surface area (Å²) in [6.07, 6.45) is 3.47. The van der Waals surface area contributed by atoms with Crippen molar-refractivity contribution in [3.63, 3.8) is 0 Å². The van der Waals surface area contributed by atoms with Crippen molar-refractivity contribution < 1.29 is 9.32 Å². The first kappa shape index (κ1) is 18.9. The van der Waals surface area contributed by atoms with E-state index in [2.05, 4.69) is 31.2 Å². The highest BCUT2D eigenvalue weighted by atomic mass is 35.5. The van der Waals surface area contributed by atoms with Crippen LogP contribution in [0.4, 0.5) is 0 Å². The number of fused-ring (bicyclic) bond motifs is 1. The Hall–Kier alpha value is -2.13. The zero-order chi connectivity index (χ0) is 20.0. The number of allylic oxidation sites excluding steroid dienone is 1. The fourth-order valence-corrected chi connectivity index (χ4v) is 4.77. The summed E-state index contributed by atoms with van der Waals surface area (Å²) in [5.41, 5.74) is 5.10. The van der Waals surface area contributed by atoms with Crippen molar-refractivity contribution in [1.82, 2.24) is 31.2 Å². The molecular formula is C19H20Cl2N6O2. The molecule has 3 aliphatic rings. The number of benzene rings is 1. The van der Waals surface area contributed by atoms with Crippen LogP contribution in [0.1, 0.15) is 24.6 Å². The molecule has 0 aliphatic carbocycles. The van der Waals surface area contributed by atoms with Gasteiger partial charge in [-0.05, 0) is 44.1 Å². The van der Waals surface area contributed by atoms with E-state index in [1.54, 1.807) is 24.3 Å². The smallest absolute Gasteiger partial charge is 0.258 e. The summed E-state index contributed by atoms with van der Waals surface area (Å²) in [5, 5.41) is 13.6. The maximum atomic E-state index is 12.4. The van der Waals surface area contributed by atoms with Crippen molar-refractivity contribution in [3.05, 3.63) is 45.8 Å². The number of carbonyl (C=O) groups excluding carboxylic acids is 1. The van der Waals surface area contributed by atoms with E-state index in [4.69, 9.17) is 27.7 Å². The van der Waals surface area contributed by atoms with Crippen LogP contribution in [0.5, 0.6) is 0 Å². The van der Waals surface area contributed by atoms with Crippen LogP contribution >= 0.6 is 23.2 Å². The summed E-state index contributed by atoms with van der Waals surface area (Å²) >= 11 is 12.2. The van der Waals surface area contributed by atoms with Gasteiger partial charge in [-0.2, -0.15) is 4.98 Å². The minimum absolute atomic E-state index is 0.0844. The van der Waals surface area contributed by atoms with Crippen LogP contribution in [0.2, 0.25) is 10.0 Å². The minimum atomic E-state index is -0.259. The number of hydrogen-bond donors (Lipinski definition) is 3. The molecule has 152 valence electrons. The van der Waals surface area contributed by atoms with E-state index in [0.29, 0.717) is 39.8 Å². The molecule has 3 N–H and O–H groups in total. The fourth-order valence-electron chi connectivity index (χ4n) is 4.24. The fraction of sp³-hybridized carbons (Fsp3) is 0.421. The molecule has 2 fully saturated rings. The number of aromatic nitrogens is 2. The third kappa shape index (κ3) is 3.61. The van der Waals surface area contributed by atoms with E-state index in [1.165, 1.54) is 0 Å². The average molecular weight is 435 g/mol. The Kier molecular flexibility index (Phi) is 4.95. The number of carbonyl (C=O) groups is 1. The number of amides is 1. The summed E-state index contributed by atoms with van der Waals surface area (Å²) in [6.45, 7) is 2.52. The molecule has 29 heavy (non-hydrogen) atoms. The lowest BCUT2D eigenvalue weighted by molar-refractivity contribution is -0.119. The van der Waals surface area contributed by atoms with Gasteiger partial charge in [0.15, 0.2) is 5.82 Å². The maximum absolute atomic E-state index is 12.4. The molecule has 2 atom stereocenters. The van der Waals surface area contributed by atoms with Gasteiger partial charge < -0.3 is 15.2 Å². The molecule has 4 heterocycles. The summed E-state index contributed by atoms with van der Waals surface area (Å²) in [5.74, 6) is 1.00. The van der Waals surface area contributed by atoms with Crippen molar-refractivity contribution in [2.24, 2.45) is 5.92 Å². The Bertz CT molecular complexity index is 951. The molecule has 1 aromatic heterocycles. The van der Waals surface area contributed by atoms with E-state index in [-0.39, 0.29) is 18.0 Å². The quantitative estimate of drug-likeness (QED) is 0.681. The zero-order valence-corrected chi connectivity index (χ0v) is 17.0. The van der Waals surface area contributed by atoms with Gasteiger partial charge in [-0.15, -0.1) is 0 Å². The summed E-state index contributed by atoms with van der Waals surface area (Å²) in [7, 11) is 0. The molecule has 2 aromatic rings. The summed E-state index contributed by atoms with van der Waals surface area (Å²) in [6, 6.07) is 5.10. The third-order valence-electron chi connectivity index (χ3n) is 5.63. The zero-order valence-electron chi connectivity index (χ0n) is 15.5. The van der Waals surface area contributed by atoms with Crippen molar-refractivity contribution in [2.75, 3.05) is 19.6 Å². The van der Waals surface area contributed by atoms with Gasteiger partial charge in [0.05, 0.1) is 5.92 Å². The van der Waals surface area contributed by atoms with Crippen LogP contribution < -0.4 is 16.1 Å². The van der Waals surface area contributed by atoms with Gasteiger partial charge in [-0.3, -0.25) is 9.80 Å². The second-order valence-corrected chi connectivity index (χ2v) is 8.37. The van der Waals surface area contributed by atoms with Gasteiger partial charge in [0.25, 0.3) is 5.89 Å². The van der Waals surface area contributed by atoms with E-state index in [9.17, 15) is 4.79 Å². The van der Waals surface area contributed by atoms with Crippen molar-refractivity contribution in [3.8, 4) is 11.5 Å². The lowest BCUT2D eigenvalue weighted by atomic mass is 9.92. The van der Waals surface area contributed by atoms with Gasteiger partial charge in [-0.25, -0.2) is 5.43 Å². The van der Waals surface area contributed by atoms with Crippen molar-refractivity contribution in [1.29, 1.82) is 0 Å². The van der Waals surface area contributed by atoms with Gasteiger partial charge in [-0.1, -0.05) is 28.4 Å². The Morgan fingerprint density at radius 2 is 1.90 bits per heavy atom. The monoisotopic (exact) mass is 434 g/mol. The average Bonchev–Trinajstić information content (AvgIpc) is 3.34.